The van der Waals surface area contributed by atoms with Gasteiger partial charge in [0.1, 0.15) is 5.76 Å². The Morgan fingerprint density at radius 2 is 1.77 bits per heavy atom. The molecule has 4 aromatic rings. The Labute approximate surface area is 151 Å². The van der Waals surface area contributed by atoms with Crippen LogP contribution in [0.25, 0.3) is 10.9 Å². The molecule has 1 aliphatic rings. The molecule has 0 radical (unpaired) electrons. The average Bonchev–Trinajstić information content (AvgIpc) is 3.36. The van der Waals surface area contributed by atoms with Gasteiger partial charge in [-0.05, 0) is 29.8 Å². The number of benzene rings is 2. The fourth-order valence-electron chi connectivity index (χ4n) is 4.03. The van der Waals surface area contributed by atoms with Crippen molar-refractivity contribution in [3.05, 3.63) is 95.6 Å². The number of carbonyl (C=O) groups excluding carboxylic acids is 1. The van der Waals surface area contributed by atoms with Gasteiger partial charge in [0, 0.05) is 35.3 Å². The zero-order chi connectivity index (χ0) is 17.7. The largest absolute Gasteiger partial charge is 0.467 e. The molecule has 1 unspecified atom stereocenters. The molecule has 1 aliphatic heterocycles. The summed E-state index contributed by atoms with van der Waals surface area (Å²) >= 11 is 0. The first-order valence-corrected chi connectivity index (χ1v) is 8.70. The van der Waals surface area contributed by atoms with E-state index in [2.05, 4.69) is 29.0 Å². The van der Waals surface area contributed by atoms with Crippen molar-refractivity contribution < 1.29 is 9.21 Å². The molecule has 1 amide bonds. The van der Waals surface area contributed by atoms with Gasteiger partial charge in [0.05, 0.1) is 18.8 Å². The molecule has 2 aromatic heterocycles. The maximum atomic E-state index is 13.1. The van der Waals surface area contributed by atoms with Gasteiger partial charge in [0.25, 0.3) is 5.91 Å². The highest BCUT2D eigenvalue weighted by Crippen LogP contribution is 2.42. The predicted molar refractivity (Wildman–Crippen MR) is 99.8 cm³/mol. The summed E-state index contributed by atoms with van der Waals surface area (Å²) in [6.07, 6.45) is 3.79. The van der Waals surface area contributed by atoms with Crippen LogP contribution in [-0.4, -0.2) is 15.4 Å². The van der Waals surface area contributed by atoms with Crippen LogP contribution in [0, 0.1) is 0 Å². The fourth-order valence-corrected chi connectivity index (χ4v) is 4.03. The molecule has 0 bridgehead atoms. The Balaban J connectivity index is 1.71. The minimum Gasteiger partial charge on any atom is -0.467 e. The van der Waals surface area contributed by atoms with Gasteiger partial charge >= 0.3 is 0 Å². The Hall–Kier alpha value is -3.27. The van der Waals surface area contributed by atoms with Crippen LogP contribution in [-0.2, 0) is 13.6 Å². The minimum absolute atomic E-state index is 0.0509. The highest BCUT2D eigenvalue weighted by atomic mass is 16.3. The number of hydrogen-bond donors (Lipinski definition) is 0. The number of aryl methyl sites for hydroxylation is 1. The van der Waals surface area contributed by atoms with E-state index in [4.69, 9.17) is 4.42 Å². The smallest absolute Gasteiger partial charge is 0.255 e. The summed E-state index contributed by atoms with van der Waals surface area (Å²) in [6, 6.07) is 19.9. The predicted octanol–water partition coefficient (Wildman–Crippen LogP) is 4.52. The number of nitrogens with zero attached hydrogens (tertiary/aromatic N) is 2. The summed E-state index contributed by atoms with van der Waals surface area (Å²) < 4.78 is 7.65. The molecule has 1 atom stereocenters. The lowest BCUT2D eigenvalue weighted by atomic mass is 9.97. The van der Waals surface area contributed by atoms with Gasteiger partial charge in [-0.1, -0.05) is 36.4 Å². The van der Waals surface area contributed by atoms with Crippen molar-refractivity contribution in [3.8, 4) is 0 Å². The van der Waals surface area contributed by atoms with Gasteiger partial charge in [-0.15, -0.1) is 0 Å². The number of carbonyl (C=O) groups is 1. The lowest BCUT2D eigenvalue weighted by Gasteiger charge is -2.24. The normalized spacial score (nSPS) is 16.4. The Kier molecular flexibility index (Phi) is 3.25. The third-order valence-electron chi connectivity index (χ3n) is 5.19. The van der Waals surface area contributed by atoms with Gasteiger partial charge in [0.15, 0.2) is 0 Å². The quantitative estimate of drug-likeness (QED) is 0.549. The Morgan fingerprint density at radius 1 is 0.962 bits per heavy atom. The highest BCUT2D eigenvalue weighted by Gasteiger charge is 2.39. The molecular weight excluding hydrogens is 324 g/mol. The number of furan rings is 1. The summed E-state index contributed by atoms with van der Waals surface area (Å²) in [5, 5.41) is 1.17. The van der Waals surface area contributed by atoms with Gasteiger partial charge in [-0.25, -0.2) is 0 Å². The fraction of sp³-hybridized carbons (Fsp3) is 0.136. The number of hydrogen-bond acceptors (Lipinski definition) is 2. The van der Waals surface area contributed by atoms with E-state index in [0.29, 0.717) is 6.54 Å². The van der Waals surface area contributed by atoms with E-state index in [1.165, 1.54) is 5.39 Å². The third kappa shape index (κ3) is 2.12. The van der Waals surface area contributed by atoms with E-state index in [0.717, 1.165) is 28.0 Å². The van der Waals surface area contributed by atoms with E-state index < -0.39 is 0 Å². The molecule has 0 N–H and O–H groups in total. The first-order chi connectivity index (χ1) is 12.7. The van der Waals surface area contributed by atoms with Crippen molar-refractivity contribution in [1.82, 2.24) is 9.47 Å². The van der Waals surface area contributed by atoms with Crippen molar-refractivity contribution in [3.63, 3.8) is 0 Å². The molecule has 0 fully saturated rings. The van der Waals surface area contributed by atoms with E-state index in [1.54, 1.807) is 6.26 Å². The van der Waals surface area contributed by atoms with E-state index in [9.17, 15) is 4.79 Å². The molecule has 0 spiro atoms. The van der Waals surface area contributed by atoms with Crippen molar-refractivity contribution in [2.45, 2.75) is 12.6 Å². The molecule has 0 saturated heterocycles. The number of aromatic nitrogens is 1. The third-order valence-corrected chi connectivity index (χ3v) is 5.19. The van der Waals surface area contributed by atoms with Crippen LogP contribution < -0.4 is 0 Å². The minimum atomic E-state index is -0.116. The molecular formula is C22H18N2O2. The Bertz CT molecular complexity index is 1110. The number of amides is 1. The lowest BCUT2D eigenvalue weighted by Crippen LogP contribution is -2.28. The van der Waals surface area contributed by atoms with Crippen LogP contribution in [0.1, 0.15) is 33.3 Å². The van der Waals surface area contributed by atoms with Crippen molar-refractivity contribution >= 4 is 16.8 Å². The number of rotatable bonds is 3. The molecule has 0 saturated carbocycles. The first-order valence-electron chi connectivity index (χ1n) is 8.70. The van der Waals surface area contributed by atoms with E-state index in [-0.39, 0.29) is 11.9 Å². The number of fused-ring (bicyclic) bond motifs is 2. The molecule has 5 rings (SSSR count). The first kappa shape index (κ1) is 15.0. The zero-order valence-electron chi connectivity index (χ0n) is 14.4. The maximum Gasteiger partial charge on any atom is 0.255 e. The van der Waals surface area contributed by atoms with E-state index in [1.807, 2.05) is 54.4 Å². The summed E-state index contributed by atoms with van der Waals surface area (Å²) in [7, 11) is 2.05. The zero-order valence-corrected chi connectivity index (χ0v) is 14.4. The summed E-state index contributed by atoms with van der Waals surface area (Å²) in [6.45, 7) is 0.453. The second-order valence-electron chi connectivity index (χ2n) is 6.71. The molecule has 3 heterocycles. The van der Waals surface area contributed by atoms with Crippen LogP contribution in [0.15, 0.2) is 77.5 Å². The summed E-state index contributed by atoms with van der Waals surface area (Å²) in [5.74, 6) is 0.839. The SMILES string of the molecule is Cn1cc(C2c3ccccc3C(=O)N2Cc2ccco2)c2ccccc21. The molecule has 4 nitrogen and oxygen atoms in total. The molecule has 26 heavy (non-hydrogen) atoms. The van der Waals surface area contributed by atoms with Crippen molar-refractivity contribution in [2.24, 2.45) is 7.05 Å². The molecule has 128 valence electrons. The highest BCUT2D eigenvalue weighted by molar-refractivity contribution is 6.00. The average molecular weight is 342 g/mol. The number of para-hydroxylation sites is 1. The van der Waals surface area contributed by atoms with Crippen LogP contribution in [0.5, 0.6) is 0 Å². The van der Waals surface area contributed by atoms with Crippen LogP contribution in [0.4, 0.5) is 0 Å². The van der Waals surface area contributed by atoms with Crippen molar-refractivity contribution in [2.75, 3.05) is 0 Å². The summed E-state index contributed by atoms with van der Waals surface area (Å²) in [4.78, 5) is 15.0. The molecule has 4 heteroatoms. The van der Waals surface area contributed by atoms with Crippen LogP contribution >= 0.6 is 0 Å². The van der Waals surface area contributed by atoms with E-state index >= 15 is 0 Å². The van der Waals surface area contributed by atoms with Gasteiger partial charge in [0.2, 0.25) is 0 Å². The summed E-state index contributed by atoms with van der Waals surface area (Å²) in [5.41, 5.74) is 4.14. The maximum absolute atomic E-state index is 13.1. The monoisotopic (exact) mass is 342 g/mol. The van der Waals surface area contributed by atoms with Crippen LogP contribution in [0.2, 0.25) is 0 Å². The lowest BCUT2D eigenvalue weighted by molar-refractivity contribution is 0.0723. The Morgan fingerprint density at radius 3 is 2.62 bits per heavy atom. The van der Waals surface area contributed by atoms with Gasteiger partial charge in [-0.3, -0.25) is 4.79 Å². The molecule has 0 aliphatic carbocycles. The van der Waals surface area contributed by atoms with Crippen molar-refractivity contribution in [1.29, 1.82) is 0 Å². The van der Waals surface area contributed by atoms with Crippen LogP contribution in [0.3, 0.4) is 0 Å². The molecule has 2 aromatic carbocycles. The topological polar surface area (TPSA) is 38.4 Å². The second kappa shape index (κ2) is 5.63. The van der Waals surface area contributed by atoms with Gasteiger partial charge in [-0.2, -0.15) is 0 Å². The second-order valence-corrected chi connectivity index (χ2v) is 6.71. The van der Waals surface area contributed by atoms with Gasteiger partial charge < -0.3 is 13.9 Å². The standard InChI is InChI=1S/C22H18N2O2/c1-23-14-19(16-8-4-5-11-20(16)23)21-17-9-2-3-10-18(17)22(25)24(21)13-15-7-6-12-26-15/h2-12,14,21H,13H2,1H3.